The molecule has 0 spiro atoms. The Balaban J connectivity index is 0.000000196. The molecule has 254 valence electrons. The van der Waals surface area contributed by atoms with Gasteiger partial charge in [-0.2, -0.15) is 0 Å². The van der Waals surface area contributed by atoms with Gasteiger partial charge >= 0.3 is 21.1 Å². The highest BCUT2D eigenvalue weighted by Gasteiger charge is 2.63. The number of aliphatic hydroxyl groups excluding tert-OH is 2. The summed E-state index contributed by atoms with van der Waals surface area (Å²) in [5.41, 5.74) is -1.00. The van der Waals surface area contributed by atoms with Crippen LogP contribution in [-0.4, -0.2) is 65.0 Å². The smallest absolute Gasteiger partial charge is 0.405 e. The van der Waals surface area contributed by atoms with Crippen LogP contribution in [-0.2, 0) is 41.1 Å². The second-order valence-corrected chi connectivity index (χ2v) is 15.7. The van der Waals surface area contributed by atoms with Gasteiger partial charge in [0.15, 0.2) is 0 Å². The van der Waals surface area contributed by atoms with Gasteiger partial charge in [0.2, 0.25) is 0 Å². The quantitative estimate of drug-likeness (QED) is 0.377. The largest absolute Gasteiger partial charge is 0.494 e. The van der Waals surface area contributed by atoms with Gasteiger partial charge in [-0.15, -0.1) is 0 Å². The van der Waals surface area contributed by atoms with E-state index in [2.05, 4.69) is 15.9 Å². The lowest BCUT2D eigenvalue weighted by Gasteiger charge is -2.32. The third-order valence-corrected chi connectivity index (χ3v) is 10.2. The van der Waals surface area contributed by atoms with E-state index in [0.717, 1.165) is 9.94 Å². The first-order chi connectivity index (χ1) is 20.9. The molecular formula is C32H48B3BrF2O8. The van der Waals surface area contributed by atoms with Crippen LogP contribution in [0, 0.1) is 11.6 Å². The molecular weight excluding hydrogens is 663 g/mol. The highest BCUT2D eigenvalue weighted by Crippen LogP contribution is 2.43. The Bertz CT molecular complexity index is 1290. The van der Waals surface area contributed by atoms with E-state index in [1.807, 2.05) is 83.1 Å². The van der Waals surface area contributed by atoms with Crippen molar-refractivity contribution in [1.82, 2.24) is 0 Å². The molecule has 3 heterocycles. The minimum atomic E-state index is -0.527. The van der Waals surface area contributed by atoms with Crippen molar-refractivity contribution in [3.8, 4) is 0 Å². The van der Waals surface area contributed by atoms with Crippen molar-refractivity contribution in [3.05, 3.63) is 63.6 Å². The molecule has 5 rings (SSSR count). The van der Waals surface area contributed by atoms with Gasteiger partial charge < -0.3 is 38.1 Å². The lowest BCUT2D eigenvalue weighted by atomic mass is 9.49. The summed E-state index contributed by atoms with van der Waals surface area (Å²) in [6.45, 7) is 23.5. The van der Waals surface area contributed by atoms with Gasteiger partial charge in [0, 0.05) is 15.6 Å². The van der Waals surface area contributed by atoms with Crippen molar-refractivity contribution in [1.29, 1.82) is 0 Å². The Kier molecular flexibility index (Phi) is 11.8. The topological polar surface area (TPSA) is 95.8 Å². The van der Waals surface area contributed by atoms with Crippen LogP contribution in [0.2, 0.25) is 0 Å². The van der Waals surface area contributed by atoms with Gasteiger partial charge in [0.25, 0.3) is 0 Å². The van der Waals surface area contributed by atoms with Gasteiger partial charge in [-0.25, -0.2) is 8.78 Å². The van der Waals surface area contributed by atoms with Crippen molar-refractivity contribution in [2.75, 3.05) is 0 Å². The number of halogens is 3. The molecule has 0 bridgehead atoms. The van der Waals surface area contributed by atoms with Gasteiger partial charge in [0.1, 0.15) is 11.6 Å². The van der Waals surface area contributed by atoms with Crippen molar-refractivity contribution in [2.24, 2.45) is 0 Å². The van der Waals surface area contributed by atoms with E-state index in [9.17, 15) is 8.78 Å². The Hall–Kier alpha value is -1.35. The lowest BCUT2D eigenvalue weighted by Crippen LogP contribution is -2.41. The average molecular weight is 711 g/mol. The molecule has 3 aliphatic rings. The molecule has 0 amide bonds. The molecule has 3 fully saturated rings. The molecule has 0 saturated carbocycles. The highest BCUT2D eigenvalue weighted by molar-refractivity contribution is 9.10. The first-order valence-electron chi connectivity index (χ1n) is 15.4. The third kappa shape index (κ3) is 8.44. The fraction of sp³-hybridized carbons (Fsp3) is 0.625. The van der Waals surface area contributed by atoms with Crippen LogP contribution < -0.4 is 5.46 Å². The summed E-state index contributed by atoms with van der Waals surface area (Å²) in [4.78, 5) is 0. The summed E-state index contributed by atoms with van der Waals surface area (Å²) < 4.78 is 62.3. The summed E-state index contributed by atoms with van der Waals surface area (Å²) in [5, 5.41) is 17.7. The van der Waals surface area contributed by atoms with Crippen LogP contribution in [0.15, 0.2) is 40.9 Å². The summed E-state index contributed by atoms with van der Waals surface area (Å²) in [6, 6.07) is 8.99. The summed E-state index contributed by atoms with van der Waals surface area (Å²) in [7, 11) is -1.48. The molecule has 0 aliphatic carbocycles. The van der Waals surface area contributed by atoms with Crippen molar-refractivity contribution < 1.29 is 46.9 Å². The maximum atomic E-state index is 13.3. The molecule has 3 aliphatic heterocycles. The van der Waals surface area contributed by atoms with E-state index in [4.69, 9.17) is 38.1 Å². The average Bonchev–Trinajstić information content (AvgIpc) is 3.40. The second-order valence-electron chi connectivity index (χ2n) is 14.7. The number of hydrogen-bond acceptors (Lipinski definition) is 8. The Morgan fingerprint density at radius 3 is 1.22 bits per heavy atom. The molecule has 8 nitrogen and oxygen atoms in total. The van der Waals surface area contributed by atoms with Gasteiger partial charge in [-0.1, -0.05) is 28.1 Å². The Morgan fingerprint density at radius 2 is 0.870 bits per heavy atom. The van der Waals surface area contributed by atoms with Crippen molar-refractivity contribution >= 4 is 42.5 Å². The van der Waals surface area contributed by atoms with E-state index < -0.39 is 38.2 Å². The SMILES string of the molecule is CC1(C)OB(B2OC(C)(C)C(C)(C)O2)OC1(C)C.CC1(C)OB(c2ccc(F)c(CO)c2)OC1(C)C.OCc1cc(Br)ccc1F. The van der Waals surface area contributed by atoms with Crippen LogP contribution >= 0.6 is 15.9 Å². The summed E-state index contributed by atoms with van der Waals surface area (Å²) in [6.07, 6.45) is 0. The number of hydrogen-bond donors (Lipinski definition) is 2. The predicted molar refractivity (Wildman–Crippen MR) is 180 cm³/mol. The zero-order valence-corrected chi connectivity index (χ0v) is 30.7. The zero-order chi connectivity index (χ0) is 35.1. The minimum Gasteiger partial charge on any atom is -0.405 e. The molecule has 46 heavy (non-hydrogen) atoms. The number of benzene rings is 2. The van der Waals surface area contributed by atoms with Crippen molar-refractivity contribution in [3.63, 3.8) is 0 Å². The molecule has 2 aromatic rings. The van der Waals surface area contributed by atoms with Crippen LogP contribution in [0.4, 0.5) is 8.78 Å². The molecule has 2 aromatic carbocycles. The standard InChI is InChI=1S/C13H18BFO3.C12H24B2O4.C7H6BrFO/c1-12(2)13(3,4)18-14(17-12)10-5-6-11(15)9(7-10)8-16;1-9(2)10(3,4)16-13(15-9)14-17-11(5,6)12(7,8)18-14;8-6-1-2-7(9)5(3-6)4-10/h5-7,16H,8H2,1-4H3;1-8H3;1-3,10H,4H2. The van der Waals surface area contributed by atoms with Gasteiger partial charge in [-0.05, 0) is 113 Å². The zero-order valence-electron chi connectivity index (χ0n) is 29.1. The van der Waals surface area contributed by atoms with Crippen LogP contribution in [0.25, 0.3) is 0 Å². The monoisotopic (exact) mass is 710 g/mol. The van der Waals surface area contributed by atoms with E-state index in [0.29, 0.717) is 5.56 Å². The van der Waals surface area contributed by atoms with E-state index in [1.165, 1.54) is 12.1 Å². The Labute approximate surface area is 282 Å². The van der Waals surface area contributed by atoms with Crippen LogP contribution in [0.3, 0.4) is 0 Å². The second kappa shape index (κ2) is 13.9. The Morgan fingerprint density at radius 1 is 0.543 bits per heavy atom. The van der Waals surface area contributed by atoms with E-state index >= 15 is 0 Å². The van der Waals surface area contributed by atoms with E-state index in [-0.39, 0.29) is 47.0 Å². The molecule has 0 aromatic heterocycles. The fourth-order valence-electron chi connectivity index (χ4n) is 4.51. The normalized spacial score (nSPS) is 23.0. The molecule has 0 atom stereocenters. The maximum Gasteiger partial charge on any atom is 0.494 e. The van der Waals surface area contributed by atoms with Crippen molar-refractivity contribution in [2.45, 2.75) is 130 Å². The predicted octanol–water partition coefficient (Wildman–Crippen LogP) is 5.95. The molecule has 0 unspecified atom stereocenters. The highest BCUT2D eigenvalue weighted by atomic mass is 79.9. The summed E-state index contributed by atoms with van der Waals surface area (Å²) in [5.74, 6) is -0.788. The van der Waals surface area contributed by atoms with E-state index in [1.54, 1.807) is 24.3 Å². The number of aliphatic hydroxyl groups is 2. The molecule has 0 radical (unpaired) electrons. The maximum absolute atomic E-state index is 13.3. The fourth-order valence-corrected chi connectivity index (χ4v) is 4.91. The van der Waals surface area contributed by atoms with Crippen LogP contribution in [0.5, 0.6) is 0 Å². The molecule has 3 saturated heterocycles. The lowest BCUT2D eigenvalue weighted by molar-refractivity contribution is 0.00578. The molecule has 2 N–H and O–H groups in total. The number of rotatable bonds is 4. The minimum absolute atomic E-state index is 0.252. The third-order valence-electron chi connectivity index (χ3n) is 9.71. The first-order valence-corrected chi connectivity index (χ1v) is 16.2. The molecule has 14 heteroatoms. The summed E-state index contributed by atoms with van der Waals surface area (Å²) >= 11 is 3.16. The van der Waals surface area contributed by atoms with Gasteiger partial charge in [0.05, 0.1) is 46.8 Å². The first kappa shape index (κ1) is 39.1. The van der Waals surface area contributed by atoms with Crippen LogP contribution in [0.1, 0.15) is 94.2 Å². The van der Waals surface area contributed by atoms with Gasteiger partial charge in [-0.3, -0.25) is 0 Å².